The third-order valence-corrected chi connectivity index (χ3v) is 6.44. The Morgan fingerprint density at radius 2 is 1.79 bits per heavy atom. The predicted octanol–water partition coefficient (Wildman–Crippen LogP) is 1.90. The number of hydrogen-bond acceptors (Lipinski definition) is 6. The Balaban J connectivity index is 1.38. The third kappa shape index (κ3) is 3.38. The van der Waals surface area contributed by atoms with Crippen molar-refractivity contribution >= 4 is 12.6 Å². The SMILES string of the molecule is CC1(C)OB(c2ccc3c(c2)OCc2nc(CN4CCOCC4)cn2-3)OC1(C)C. The predicted molar refractivity (Wildman–Crippen MR) is 110 cm³/mol. The number of aromatic nitrogens is 2. The van der Waals surface area contributed by atoms with Crippen LogP contribution in [0.25, 0.3) is 5.69 Å². The van der Waals surface area contributed by atoms with Gasteiger partial charge in [0.2, 0.25) is 0 Å². The number of benzene rings is 1. The molecule has 3 aliphatic rings. The zero-order valence-corrected chi connectivity index (χ0v) is 17.6. The van der Waals surface area contributed by atoms with E-state index in [9.17, 15) is 0 Å². The number of rotatable bonds is 3. The van der Waals surface area contributed by atoms with Gasteiger partial charge in [0.05, 0.1) is 35.8 Å². The molecule has 4 heterocycles. The summed E-state index contributed by atoms with van der Waals surface area (Å²) in [6.45, 7) is 13.0. The van der Waals surface area contributed by atoms with Crippen LogP contribution in [-0.2, 0) is 27.2 Å². The first-order chi connectivity index (χ1) is 13.8. The van der Waals surface area contributed by atoms with E-state index in [4.69, 9.17) is 23.8 Å². The lowest BCUT2D eigenvalue weighted by atomic mass is 9.79. The number of imidazole rings is 1. The third-order valence-electron chi connectivity index (χ3n) is 6.44. The Morgan fingerprint density at radius 1 is 1.07 bits per heavy atom. The van der Waals surface area contributed by atoms with Crippen LogP contribution in [0.3, 0.4) is 0 Å². The van der Waals surface area contributed by atoms with E-state index in [2.05, 4.69) is 55.5 Å². The molecule has 1 aromatic heterocycles. The minimum atomic E-state index is -0.394. The quantitative estimate of drug-likeness (QED) is 0.738. The van der Waals surface area contributed by atoms with E-state index in [-0.39, 0.29) is 11.2 Å². The van der Waals surface area contributed by atoms with Gasteiger partial charge in [0.1, 0.15) is 12.4 Å². The van der Waals surface area contributed by atoms with Gasteiger partial charge in [-0.2, -0.15) is 0 Å². The summed E-state index contributed by atoms with van der Waals surface area (Å²) in [6, 6.07) is 6.15. The molecule has 2 fully saturated rings. The van der Waals surface area contributed by atoms with E-state index in [1.807, 2.05) is 6.07 Å². The molecule has 3 aliphatic heterocycles. The molecular weight excluding hydrogens is 369 g/mol. The first-order valence-electron chi connectivity index (χ1n) is 10.3. The minimum absolute atomic E-state index is 0.361. The molecule has 0 aliphatic carbocycles. The summed E-state index contributed by atoms with van der Waals surface area (Å²) in [5, 5.41) is 0. The average molecular weight is 397 g/mol. The fourth-order valence-electron chi connectivity index (χ4n) is 3.96. The molecule has 0 radical (unpaired) electrons. The molecule has 0 amide bonds. The fourth-order valence-corrected chi connectivity index (χ4v) is 3.96. The molecule has 0 unspecified atom stereocenters. The van der Waals surface area contributed by atoms with Gasteiger partial charge in [0.15, 0.2) is 5.82 Å². The fraction of sp³-hybridized carbons (Fsp3) is 0.571. The Kier molecular flexibility index (Phi) is 4.51. The van der Waals surface area contributed by atoms with E-state index in [1.165, 1.54) is 0 Å². The molecule has 5 rings (SSSR count). The van der Waals surface area contributed by atoms with Crippen molar-refractivity contribution in [3.05, 3.63) is 35.9 Å². The molecule has 0 atom stereocenters. The molecule has 2 aromatic rings. The van der Waals surface area contributed by atoms with E-state index in [1.54, 1.807) is 0 Å². The maximum absolute atomic E-state index is 6.19. The number of morpholine rings is 1. The lowest BCUT2D eigenvalue weighted by molar-refractivity contribution is 0.00578. The summed E-state index contributed by atoms with van der Waals surface area (Å²) in [7, 11) is -0.394. The second-order valence-electron chi connectivity index (χ2n) is 9.01. The molecule has 1 aromatic carbocycles. The van der Waals surface area contributed by atoms with Gasteiger partial charge in [0, 0.05) is 25.8 Å². The van der Waals surface area contributed by atoms with Gasteiger partial charge in [-0.1, -0.05) is 6.07 Å². The molecule has 7 nitrogen and oxygen atoms in total. The van der Waals surface area contributed by atoms with Gasteiger partial charge < -0.3 is 18.8 Å². The maximum atomic E-state index is 6.19. The Labute approximate surface area is 172 Å². The number of nitrogens with zero attached hydrogens (tertiary/aromatic N) is 3. The monoisotopic (exact) mass is 397 g/mol. The summed E-state index contributed by atoms with van der Waals surface area (Å²) in [4.78, 5) is 7.16. The van der Waals surface area contributed by atoms with E-state index in [0.717, 1.165) is 61.3 Å². The molecule has 2 saturated heterocycles. The Bertz CT molecular complexity index is 905. The van der Waals surface area contributed by atoms with Crippen molar-refractivity contribution in [1.82, 2.24) is 14.5 Å². The zero-order chi connectivity index (χ0) is 20.2. The molecule has 0 N–H and O–H groups in total. The highest BCUT2D eigenvalue weighted by Crippen LogP contribution is 2.37. The van der Waals surface area contributed by atoms with Crippen LogP contribution in [0.1, 0.15) is 39.2 Å². The maximum Gasteiger partial charge on any atom is 0.494 e. The molecule has 154 valence electrons. The standard InChI is InChI=1S/C21H28BN3O4/c1-20(2)21(3,4)29-22(28-20)15-5-6-17-18(11-15)27-14-19-23-16(13-25(17)19)12-24-7-9-26-10-8-24/h5-6,11,13H,7-10,12,14H2,1-4H3. The van der Waals surface area contributed by atoms with Gasteiger partial charge in [-0.3, -0.25) is 9.47 Å². The first kappa shape index (κ1) is 19.1. The highest BCUT2D eigenvalue weighted by Gasteiger charge is 2.51. The van der Waals surface area contributed by atoms with Crippen LogP contribution in [0.2, 0.25) is 0 Å². The average Bonchev–Trinajstić information content (AvgIpc) is 3.19. The highest BCUT2D eigenvalue weighted by molar-refractivity contribution is 6.62. The van der Waals surface area contributed by atoms with Gasteiger partial charge in [-0.25, -0.2) is 4.98 Å². The second-order valence-corrected chi connectivity index (χ2v) is 9.01. The first-order valence-corrected chi connectivity index (χ1v) is 10.3. The number of hydrogen-bond donors (Lipinski definition) is 0. The van der Waals surface area contributed by atoms with Crippen LogP contribution >= 0.6 is 0 Å². The molecule has 0 spiro atoms. The Hall–Kier alpha value is -1.87. The van der Waals surface area contributed by atoms with Gasteiger partial charge in [0.25, 0.3) is 0 Å². The summed E-state index contributed by atoms with van der Waals surface area (Å²) in [5.74, 6) is 1.77. The summed E-state index contributed by atoms with van der Waals surface area (Å²) in [6.07, 6.45) is 2.13. The highest BCUT2D eigenvalue weighted by atomic mass is 16.7. The lowest BCUT2D eigenvalue weighted by Gasteiger charge is -2.32. The normalized spacial score (nSPS) is 22.8. The van der Waals surface area contributed by atoms with Gasteiger partial charge >= 0.3 is 7.12 Å². The van der Waals surface area contributed by atoms with Crippen LogP contribution in [0.15, 0.2) is 24.4 Å². The van der Waals surface area contributed by atoms with Crippen molar-refractivity contribution in [2.75, 3.05) is 26.3 Å². The lowest BCUT2D eigenvalue weighted by Crippen LogP contribution is -2.41. The Morgan fingerprint density at radius 3 is 2.52 bits per heavy atom. The largest absolute Gasteiger partial charge is 0.494 e. The van der Waals surface area contributed by atoms with Crippen molar-refractivity contribution in [3.63, 3.8) is 0 Å². The van der Waals surface area contributed by atoms with E-state index >= 15 is 0 Å². The molecule has 0 bridgehead atoms. The van der Waals surface area contributed by atoms with E-state index in [0.29, 0.717) is 6.61 Å². The second kappa shape index (κ2) is 6.84. The van der Waals surface area contributed by atoms with Crippen LogP contribution in [-0.4, -0.2) is 59.1 Å². The van der Waals surface area contributed by atoms with Gasteiger partial charge in [-0.05, 0) is 45.3 Å². The number of fused-ring (bicyclic) bond motifs is 3. The zero-order valence-electron chi connectivity index (χ0n) is 17.6. The van der Waals surface area contributed by atoms with Crippen LogP contribution < -0.4 is 10.2 Å². The smallest absolute Gasteiger partial charge is 0.483 e. The van der Waals surface area contributed by atoms with Crippen LogP contribution in [0.4, 0.5) is 0 Å². The van der Waals surface area contributed by atoms with Crippen LogP contribution in [0.5, 0.6) is 5.75 Å². The van der Waals surface area contributed by atoms with Crippen molar-refractivity contribution in [3.8, 4) is 11.4 Å². The molecular formula is C21H28BN3O4. The van der Waals surface area contributed by atoms with E-state index < -0.39 is 7.12 Å². The minimum Gasteiger partial charge on any atom is -0.483 e. The summed E-state index contributed by atoms with van der Waals surface area (Å²) < 4.78 is 26.0. The number of ether oxygens (including phenoxy) is 2. The molecule has 0 saturated carbocycles. The van der Waals surface area contributed by atoms with Crippen molar-refractivity contribution in [2.24, 2.45) is 0 Å². The van der Waals surface area contributed by atoms with Crippen molar-refractivity contribution < 1.29 is 18.8 Å². The summed E-state index contributed by atoms with van der Waals surface area (Å²) in [5.41, 5.74) is 2.32. The topological polar surface area (TPSA) is 58.0 Å². The van der Waals surface area contributed by atoms with Crippen LogP contribution in [0, 0.1) is 0 Å². The summed E-state index contributed by atoms with van der Waals surface area (Å²) >= 11 is 0. The molecule has 29 heavy (non-hydrogen) atoms. The van der Waals surface area contributed by atoms with Gasteiger partial charge in [-0.15, -0.1) is 0 Å². The molecule has 8 heteroatoms. The van der Waals surface area contributed by atoms with Crippen molar-refractivity contribution in [2.45, 2.75) is 52.0 Å². The van der Waals surface area contributed by atoms with Crippen molar-refractivity contribution in [1.29, 1.82) is 0 Å².